The van der Waals surface area contributed by atoms with Crippen LogP contribution in [0.25, 0.3) is 6.08 Å². The van der Waals surface area contributed by atoms with Crippen LogP contribution in [0.5, 0.6) is 11.5 Å². The van der Waals surface area contributed by atoms with E-state index >= 15 is 0 Å². The predicted octanol–water partition coefficient (Wildman–Crippen LogP) is 6.27. The Bertz CT molecular complexity index is 1200. The molecule has 0 atom stereocenters. The molecule has 3 aromatic carbocycles. The van der Waals surface area contributed by atoms with Gasteiger partial charge in [0.2, 0.25) is 0 Å². The van der Waals surface area contributed by atoms with E-state index in [2.05, 4.69) is 5.32 Å². The van der Waals surface area contributed by atoms with Crippen LogP contribution in [0.1, 0.15) is 11.1 Å². The number of anilines is 1. The first-order valence-electron chi connectivity index (χ1n) is 9.33. The fraction of sp³-hybridized carbons (Fsp3) is 0.0833. The Morgan fingerprint density at radius 3 is 2.47 bits per heavy atom. The standard InChI is InChI=1S/C24H17Cl2FN2O3/c1-31-23-12-15(3-9-22(23)32-14-16-2-8-20(25)21(26)11-16)10-17(13-28)24(30)29-19-6-4-18(27)5-7-19/h2-12H,14H2,1H3,(H,29,30). The SMILES string of the molecule is COc1cc(C=C(C#N)C(=O)Nc2ccc(F)cc2)ccc1OCc1ccc(Cl)c(Cl)c1. The van der Waals surface area contributed by atoms with Gasteiger partial charge in [-0.1, -0.05) is 35.3 Å². The molecule has 1 N–H and O–H groups in total. The molecule has 0 bridgehead atoms. The number of carbonyl (C=O) groups is 1. The molecule has 0 saturated carbocycles. The second kappa shape index (κ2) is 10.7. The summed E-state index contributed by atoms with van der Waals surface area (Å²) < 4.78 is 24.2. The predicted molar refractivity (Wildman–Crippen MR) is 122 cm³/mol. The Balaban J connectivity index is 1.74. The number of rotatable bonds is 7. The lowest BCUT2D eigenvalue weighted by Crippen LogP contribution is -2.13. The minimum atomic E-state index is -0.613. The molecule has 0 fully saturated rings. The van der Waals surface area contributed by atoms with Gasteiger partial charge in [0.15, 0.2) is 11.5 Å². The Hall–Kier alpha value is -3.53. The molecule has 0 aliphatic rings. The van der Waals surface area contributed by atoms with Gasteiger partial charge < -0.3 is 14.8 Å². The second-order valence-electron chi connectivity index (χ2n) is 6.58. The number of nitrogens with zero attached hydrogens (tertiary/aromatic N) is 1. The number of ether oxygens (including phenoxy) is 2. The Morgan fingerprint density at radius 1 is 1.06 bits per heavy atom. The minimum absolute atomic E-state index is 0.124. The van der Waals surface area contributed by atoms with E-state index in [1.807, 2.05) is 6.07 Å². The normalized spacial score (nSPS) is 10.9. The van der Waals surface area contributed by atoms with Crippen LogP contribution in [0.15, 0.2) is 66.2 Å². The number of nitrogens with one attached hydrogen (secondary N) is 1. The molecule has 162 valence electrons. The van der Waals surface area contributed by atoms with Crippen molar-refractivity contribution in [2.45, 2.75) is 6.61 Å². The molecule has 0 saturated heterocycles. The van der Waals surface area contributed by atoms with Gasteiger partial charge in [-0.05, 0) is 65.7 Å². The van der Waals surface area contributed by atoms with Crippen molar-refractivity contribution in [2.24, 2.45) is 0 Å². The van der Waals surface area contributed by atoms with Crippen molar-refractivity contribution in [2.75, 3.05) is 12.4 Å². The van der Waals surface area contributed by atoms with E-state index < -0.39 is 11.7 Å². The first-order valence-corrected chi connectivity index (χ1v) is 10.1. The molecule has 0 aliphatic heterocycles. The molecule has 0 spiro atoms. The molecule has 0 aromatic heterocycles. The van der Waals surface area contributed by atoms with Crippen LogP contribution in [-0.4, -0.2) is 13.0 Å². The molecule has 32 heavy (non-hydrogen) atoms. The largest absolute Gasteiger partial charge is 0.493 e. The second-order valence-corrected chi connectivity index (χ2v) is 7.39. The molecule has 0 radical (unpaired) electrons. The summed E-state index contributed by atoms with van der Waals surface area (Å²) in [4.78, 5) is 12.4. The molecular formula is C24H17Cl2FN2O3. The number of methoxy groups -OCH3 is 1. The molecule has 0 heterocycles. The number of hydrogen-bond acceptors (Lipinski definition) is 4. The molecule has 1 amide bonds. The topological polar surface area (TPSA) is 71.3 Å². The van der Waals surface area contributed by atoms with Gasteiger partial charge >= 0.3 is 0 Å². The van der Waals surface area contributed by atoms with Crippen molar-refractivity contribution in [1.29, 1.82) is 5.26 Å². The summed E-state index contributed by atoms with van der Waals surface area (Å²) in [7, 11) is 1.49. The molecule has 5 nitrogen and oxygen atoms in total. The van der Waals surface area contributed by atoms with Crippen LogP contribution < -0.4 is 14.8 Å². The van der Waals surface area contributed by atoms with Gasteiger partial charge in [0, 0.05) is 5.69 Å². The van der Waals surface area contributed by atoms with Gasteiger partial charge in [0.05, 0.1) is 17.2 Å². The average Bonchev–Trinajstić information content (AvgIpc) is 2.80. The highest BCUT2D eigenvalue weighted by molar-refractivity contribution is 6.42. The van der Waals surface area contributed by atoms with E-state index in [0.29, 0.717) is 32.8 Å². The first-order chi connectivity index (χ1) is 15.4. The van der Waals surface area contributed by atoms with Crippen LogP contribution >= 0.6 is 23.2 Å². The fourth-order valence-electron chi connectivity index (χ4n) is 2.73. The van der Waals surface area contributed by atoms with Crippen molar-refractivity contribution in [3.05, 3.63) is 93.2 Å². The summed E-state index contributed by atoms with van der Waals surface area (Å²) in [6, 6.07) is 17.3. The van der Waals surface area contributed by atoms with E-state index in [-0.39, 0.29) is 12.2 Å². The molecular weight excluding hydrogens is 454 g/mol. The van der Waals surface area contributed by atoms with Crippen molar-refractivity contribution in [1.82, 2.24) is 0 Å². The number of carbonyl (C=O) groups excluding carboxylic acids is 1. The molecule has 3 aromatic rings. The van der Waals surface area contributed by atoms with Gasteiger partial charge in [-0.15, -0.1) is 0 Å². The molecule has 0 aliphatic carbocycles. The Labute approximate surface area is 194 Å². The smallest absolute Gasteiger partial charge is 0.266 e. The molecule has 8 heteroatoms. The summed E-state index contributed by atoms with van der Waals surface area (Å²) in [6.45, 7) is 0.242. The van der Waals surface area contributed by atoms with Crippen LogP contribution in [0.3, 0.4) is 0 Å². The zero-order valence-corrected chi connectivity index (χ0v) is 18.4. The fourth-order valence-corrected chi connectivity index (χ4v) is 3.05. The van der Waals surface area contributed by atoms with Crippen LogP contribution in [0, 0.1) is 17.1 Å². The van der Waals surface area contributed by atoms with E-state index in [4.69, 9.17) is 32.7 Å². The number of hydrogen-bond donors (Lipinski definition) is 1. The van der Waals surface area contributed by atoms with Crippen molar-refractivity contribution >= 4 is 40.9 Å². The zero-order chi connectivity index (χ0) is 23.1. The number of benzene rings is 3. The van der Waals surface area contributed by atoms with Crippen LogP contribution in [0.4, 0.5) is 10.1 Å². The lowest BCUT2D eigenvalue weighted by Gasteiger charge is -2.12. The highest BCUT2D eigenvalue weighted by atomic mass is 35.5. The summed E-state index contributed by atoms with van der Waals surface area (Å²) in [6.07, 6.45) is 1.42. The van der Waals surface area contributed by atoms with Gasteiger partial charge in [-0.2, -0.15) is 5.26 Å². The third-order valence-electron chi connectivity index (χ3n) is 4.34. The maximum atomic E-state index is 13.0. The summed E-state index contributed by atoms with van der Waals surface area (Å²) in [5.74, 6) is -0.134. The Morgan fingerprint density at radius 2 is 1.81 bits per heavy atom. The Kier molecular flexibility index (Phi) is 7.72. The first kappa shape index (κ1) is 23.1. The third-order valence-corrected chi connectivity index (χ3v) is 5.08. The van der Waals surface area contributed by atoms with E-state index in [1.165, 1.54) is 37.5 Å². The summed E-state index contributed by atoms with van der Waals surface area (Å²) >= 11 is 12.0. The van der Waals surface area contributed by atoms with E-state index in [9.17, 15) is 14.4 Å². The number of amides is 1. The van der Waals surface area contributed by atoms with Crippen molar-refractivity contribution in [3.8, 4) is 17.6 Å². The summed E-state index contributed by atoms with van der Waals surface area (Å²) in [5.41, 5.74) is 1.64. The number of halogens is 3. The quantitative estimate of drug-likeness (QED) is 0.326. The monoisotopic (exact) mass is 470 g/mol. The van der Waals surface area contributed by atoms with Gasteiger partial charge in [0.25, 0.3) is 5.91 Å². The van der Waals surface area contributed by atoms with Gasteiger partial charge in [-0.25, -0.2) is 4.39 Å². The lowest BCUT2D eigenvalue weighted by molar-refractivity contribution is -0.112. The highest BCUT2D eigenvalue weighted by Crippen LogP contribution is 2.30. The van der Waals surface area contributed by atoms with Gasteiger partial charge in [0.1, 0.15) is 24.1 Å². The van der Waals surface area contributed by atoms with Crippen LogP contribution in [-0.2, 0) is 11.4 Å². The van der Waals surface area contributed by atoms with Gasteiger partial charge in [-0.3, -0.25) is 4.79 Å². The minimum Gasteiger partial charge on any atom is -0.493 e. The van der Waals surface area contributed by atoms with Crippen LogP contribution in [0.2, 0.25) is 10.0 Å². The van der Waals surface area contributed by atoms with Crippen molar-refractivity contribution < 1.29 is 18.7 Å². The lowest BCUT2D eigenvalue weighted by atomic mass is 10.1. The third kappa shape index (κ3) is 6.01. The highest BCUT2D eigenvalue weighted by Gasteiger charge is 2.12. The maximum Gasteiger partial charge on any atom is 0.266 e. The van der Waals surface area contributed by atoms with E-state index in [1.54, 1.807) is 36.4 Å². The molecule has 3 rings (SSSR count). The average molecular weight is 471 g/mol. The van der Waals surface area contributed by atoms with Crippen molar-refractivity contribution in [3.63, 3.8) is 0 Å². The summed E-state index contributed by atoms with van der Waals surface area (Å²) in [5, 5.41) is 12.8. The zero-order valence-electron chi connectivity index (χ0n) is 16.9. The molecule has 0 unspecified atom stereocenters. The maximum absolute atomic E-state index is 13.0. The number of nitriles is 1. The van der Waals surface area contributed by atoms with E-state index in [0.717, 1.165) is 5.56 Å².